The number of allylic oxidation sites excluding steroid dienone is 1. The molecule has 4 aromatic rings. The first-order chi connectivity index (χ1) is 13.7. The summed E-state index contributed by atoms with van der Waals surface area (Å²) in [5, 5.41) is 12.3. The van der Waals surface area contributed by atoms with E-state index in [0.29, 0.717) is 16.8 Å². The second-order valence-corrected chi connectivity index (χ2v) is 6.61. The van der Waals surface area contributed by atoms with E-state index in [0.717, 1.165) is 21.7 Å². The maximum absolute atomic E-state index is 13.1. The van der Waals surface area contributed by atoms with Crippen molar-refractivity contribution < 1.29 is 4.74 Å². The summed E-state index contributed by atoms with van der Waals surface area (Å²) in [6, 6.07) is 17.3. The van der Waals surface area contributed by atoms with E-state index >= 15 is 0 Å². The van der Waals surface area contributed by atoms with Gasteiger partial charge in [-0.3, -0.25) is 9.78 Å². The molecule has 3 heterocycles. The molecule has 0 amide bonds. The molecule has 0 bridgehead atoms. The summed E-state index contributed by atoms with van der Waals surface area (Å²) < 4.78 is 5.83. The number of hydrogen-bond donors (Lipinski definition) is 2. The molecule has 0 aliphatic carbocycles. The van der Waals surface area contributed by atoms with Crippen LogP contribution in [-0.4, -0.2) is 9.97 Å². The highest BCUT2D eigenvalue weighted by Gasteiger charge is 2.34. The van der Waals surface area contributed by atoms with Crippen LogP contribution in [0, 0.1) is 11.3 Å². The van der Waals surface area contributed by atoms with Crippen molar-refractivity contribution in [2.45, 2.75) is 5.92 Å². The van der Waals surface area contributed by atoms with Crippen LogP contribution in [0.2, 0.25) is 0 Å². The number of aromatic amines is 1. The van der Waals surface area contributed by atoms with E-state index in [9.17, 15) is 10.1 Å². The zero-order valence-corrected chi connectivity index (χ0v) is 14.6. The molecule has 28 heavy (non-hydrogen) atoms. The van der Waals surface area contributed by atoms with Crippen molar-refractivity contribution in [3.8, 4) is 11.8 Å². The lowest BCUT2D eigenvalue weighted by atomic mass is 9.84. The van der Waals surface area contributed by atoms with Crippen molar-refractivity contribution >= 4 is 21.7 Å². The Labute approximate surface area is 159 Å². The molecule has 1 aliphatic rings. The summed E-state index contributed by atoms with van der Waals surface area (Å²) >= 11 is 0. The van der Waals surface area contributed by atoms with Crippen LogP contribution < -0.4 is 16.0 Å². The summed E-state index contributed by atoms with van der Waals surface area (Å²) in [7, 11) is 0. The van der Waals surface area contributed by atoms with Gasteiger partial charge in [0.05, 0.1) is 17.0 Å². The first-order valence-electron chi connectivity index (χ1n) is 8.74. The van der Waals surface area contributed by atoms with Gasteiger partial charge in [-0.1, -0.05) is 30.3 Å². The molecule has 1 aliphatic heterocycles. The summed E-state index contributed by atoms with van der Waals surface area (Å²) in [4.78, 5) is 20.2. The van der Waals surface area contributed by atoms with Crippen molar-refractivity contribution in [3.05, 3.63) is 93.9 Å². The Balaban J connectivity index is 1.90. The Morgan fingerprint density at radius 2 is 1.86 bits per heavy atom. The van der Waals surface area contributed by atoms with E-state index in [1.165, 1.54) is 0 Å². The van der Waals surface area contributed by atoms with Crippen LogP contribution in [0.4, 0.5) is 0 Å². The van der Waals surface area contributed by atoms with Gasteiger partial charge in [-0.25, -0.2) is 0 Å². The van der Waals surface area contributed by atoms with Crippen molar-refractivity contribution in [2.24, 2.45) is 5.73 Å². The zero-order chi connectivity index (χ0) is 19.3. The third-order valence-electron chi connectivity index (χ3n) is 5.12. The van der Waals surface area contributed by atoms with Gasteiger partial charge in [0.1, 0.15) is 17.4 Å². The minimum Gasteiger partial charge on any atom is -0.439 e. The van der Waals surface area contributed by atoms with Crippen LogP contribution in [0.5, 0.6) is 5.75 Å². The lowest BCUT2D eigenvalue weighted by Gasteiger charge is -2.26. The number of pyridine rings is 2. The van der Waals surface area contributed by atoms with E-state index in [1.54, 1.807) is 24.5 Å². The average molecular weight is 366 g/mol. The summed E-state index contributed by atoms with van der Waals surface area (Å²) in [5.41, 5.74) is 7.81. The molecule has 134 valence electrons. The van der Waals surface area contributed by atoms with Crippen LogP contribution in [0.25, 0.3) is 21.7 Å². The SMILES string of the molecule is N#CC1=C(N)Oc2c(c(=O)[nH]c3c2ccc2ccccc23)C1c1ccncc1. The second kappa shape index (κ2) is 5.96. The van der Waals surface area contributed by atoms with Crippen LogP contribution in [0.1, 0.15) is 17.0 Å². The number of benzene rings is 2. The molecule has 1 unspecified atom stereocenters. The van der Waals surface area contributed by atoms with Gasteiger partial charge >= 0.3 is 0 Å². The second-order valence-electron chi connectivity index (χ2n) is 6.61. The van der Waals surface area contributed by atoms with E-state index in [4.69, 9.17) is 10.5 Å². The minimum atomic E-state index is -0.614. The van der Waals surface area contributed by atoms with Gasteiger partial charge in [0.2, 0.25) is 5.88 Å². The smallest absolute Gasteiger partial charge is 0.256 e. The molecule has 5 rings (SSSR count). The molecule has 1 atom stereocenters. The minimum absolute atomic E-state index is 0.0110. The Hall–Kier alpha value is -4.11. The van der Waals surface area contributed by atoms with Gasteiger partial charge < -0.3 is 15.5 Å². The molecule has 3 N–H and O–H groups in total. The Kier molecular flexibility index (Phi) is 3.43. The van der Waals surface area contributed by atoms with Gasteiger partial charge in [0, 0.05) is 23.2 Å². The van der Waals surface area contributed by atoms with Crippen molar-refractivity contribution in [2.75, 3.05) is 0 Å². The van der Waals surface area contributed by atoms with Crippen LogP contribution in [0.15, 0.2) is 77.2 Å². The number of nitrogens with zero attached hydrogens (tertiary/aromatic N) is 2. The standard InChI is InChI=1S/C22H14N4O2/c23-11-16-17(13-7-9-25-10-8-13)18-20(28-21(16)24)15-6-5-12-3-1-2-4-14(12)19(15)26-22(18)27/h1-10,17H,24H2,(H,26,27). The fourth-order valence-corrected chi connectivity index (χ4v) is 3.86. The summed E-state index contributed by atoms with van der Waals surface area (Å²) in [6.45, 7) is 0. The maximum Gasteiger partial charge on any atom is 0.256 e. The maximum atomic E-state index is 13.1. The molecule has 2 aromatic heterocycles. The summed E-state index contributed by atoms with van der Waals surface area (Å²) in [6.07, 6.45) is 3.25. The van der Waals surface area contributed by atoms with Gasteiger partial charge in [-0.15, -0.1) is 0 Å². The molecule has 0 radical (unpaired) electrons. The normalized spacial score (nSPS) is 15.9. The quantitative estimate of drug-likeness (QED) is 0.503. The van der Waals surface area contributed by atoms with Crippen LogP contribution >= 0.6 is 0 Å². The zero-order valence-electron chi connectivity index (χ0n) is 14.6. The van der Waals surface area contributed by atoms with Crippen LogP contribution in [0.3, 0.4) is 0 Å². The number of H-pyrrole nitrogens is 1. The number of rotatable bonds is 1. The third kappa shape index (κ3) is 2.20. The number of nitrogens with two attached hydrogens (primary N) is 1. The average Bonchev–Trinajstić information content (AvgIpc) is 2.73. The van der Waals surface area contributed by atoms with Gasteiger partial charge in [-0.05, 0) is 29.1 Å². The van der Waals surface area contributed by atoms with Gasteiger partial charge in [0.15, 0.2) is 0 Å². The molecule has 6 nitrogen and oxygen atoms in total. The van der Waals surface area contributed by atoms with E-state index in [1.807, 2.05) is 36.4 Å². The lowest BCUT2D eigenvalue weighted by Crippen LogP contribution is -2.27. The number of hydrogen-bond acceptors (Lipinski definition) is 5. The topological polar surface area (TPSA) is 105 Å². The predicted octanol–water partition coefficient (Wildman–Crippen LogP) is 3.29. The fraction of sp³-hybridized carbons (Fsp3) is 0.0455. The first-order valence-corrected chi connectivity index (χ1v) is 8.74. The fourth-order valence-electron chi connectivity index (χ4n) is 3.86. The molecule has 6 heteroatoms. The van der Waals surface area contributed by atoms with Gasteiger partial charge in [-0.2, -0.15) is 5.26 Å². The van der Waals surface area contributed by atoms with E-state index in [-0.39, 0.29) is 17.0 Å². The molecule has 0 fully saturated rings. The Morgan fingerprint density at radius 3 is 2.64 bits per heavy atom. The highest BCUT2D eigenvalue weighted by atomic mass is 16.5. The molecule has 0 saturated carbocycles. The molecule has 0 spiro atoms. The van der Waals surface area contributed by atoms with E-state index in [2.05, 4.69) is 16.0 Å². The number of ether oxygens (including phenoxy) is 1. The van der Waals surface area contributed by atoms with Crippen molar-refractivity contribution in [3.63, 3.8) is 0 Å². The highest BCUT2D eigenvalue weighted by Crippen LogP contribution is 2.43. The highest BCUT2D eigenvalue weighted by molar-refractivity contribution is 6.07. The molecular weight excluding hydrogens is 352 g/mol. The number of fused-ring (bicyclic) bond motifs is 5. The predicted molar refractivity (Wildman–Crippen MR) is 106 cm³/mol. The molecular formula is C22H14N4O2. The third-order valence-corrected chi connectivity index (χ3v) is 5.12. The number of nitriles is 1. The van der Waals surface area contributed by atoms with Crippen molar-refractivity contribution in [1.82, 2.24) is 9.97 Å². The molecule has 0 saturated heterocycles. The summed E-state index contributed by atoms with van der Waals surface area (Å²) in [5.74, 6) is -0.212. The Bertz CT molecular complexity index is 1380. The monoisotopic (exact) mass is 366 g/mol. The largest absolute Gasteiger partial charge is 0.439 e. The van der Waals surface area contributed by atoms with Crippen molar-refractivity contribution in [1.29, 1.82) is 5.26 Å². The number of nitrogens with one attached hydrogen (secondary N) is 1. The number of aromatic nitrogens is 2. The first kappa shape index (κ1) is 16.1. The Morgan fingerprint density at radius 1 is 1.07 bits per heavy atom. The molecule has 2 aromatic carbocycles. The van der Waals surface area contributed by atoms with Crippen LogP contribution in [-0.2, 0) is 0 Å². The van der Waals surface area contributed by atoms with E-state index < -0.39 is 5.92 Å². The van der Waals surface area contributed by atoms with Gasteiger partial charge in [0.25, 0.3) is 5.56 Å². The lowest BCUT2D eigenvalue weighted by molar-refractivity contribution is 0.397.